The van der Waals surface area contributed by atoms with Gasteiger partial charge in [-0.2, -0.15) is 0 Å². The minimum Gasteiger partial charge on any atom is -0.381 e. The third kappa shape index (κ3) is 4.10. The lowest BCUT2D eigenvalue weighted by Gasteiger charge is -2.37. The Morgan fingerprint density at radius 1 is 1.15 bits per heavy atom. The Kier molecular flexibility index (Phi) is 5.61. The molecular weight excluding hydrogens is 380 g/mol. The number of likely N-dealkylation sites (tertiary alicyclic amines) is 1. The second-order valence-corrected chi connectivity index (χ2v) is 9.42. The van der Waals surface area contributed by atoms with Crippen LogP contribution in [0.25, 0.3) is 0 Å². The molecule has 2 saturated heterocycles. The Morgan fingerprint density at radius 2 is 1.85 bits per heavy atom. The molecule has 4 rings (SSSR count). The van der Waals surface area contributed by atoms with Crippen LogP contribution < -0.4 is 5.32 Å². The minimum atomic E-state index is -0.159. The zero-order chi connectivity index (χ0) is 18.7. The first-order valence-electron chi connectivity index (χ1n) is 9.34. The second kappa shape index (κ2) is 8.12. The number of hydrogen-bond acceptors (Lipinski definition) is 5. The molecule has 5 nitrogen and oxygen atoms in total. The number of amides is 2. The van der Waals surface area contributed by atoms with E-state index >= 15 is 0 Å². The molecule has 2 aromatic rings. The summed E-state index contributed by atoms with van der Waals surface area (Å²) in [4.78, 5) is 30.0. The van der Waals surface area contributed by atoms with Crippen molar-refractivity contribution in [3.8, 4) is 0 Å². The van der Waals surface area contributed by atoms with Crippen molar-refractivity contribution in [2.75, 3.05) is 26.3 Å². The first-order chi connectivity index (χ1) is 13.2. The van der Waals surface area contributed by atoms with Crippen LogP contribution in [-0.4, -0.2) is 43.0 Å². The third-order valence-corrected chi connectivity index (χ3v) is 7.48. The van der Waals surface area contributed by atoms with Gasteiger partial charge in [-0.25, -0.2) is 0 Å². The van der Waals surface area contributed by atoms with E-state index in [1.165, 1.54) is 0 Å². The van der Waals surface area contributed by atoms with E-state index in [-0.39, 0.29) is 23.1 Å². The van der Waals surface area contributed by atoms with Crippen LogP contribution in [0.15, 0.2) is 35.0 Å². The minimum absolute atomic E-state index is 0.0664. The van der Waals surface area contributed by atoms with E-state index in [0.717, 1.165) is 22.6 Å². The van der Waals surface area contributed by atoms with Crippen LogP contribution in [0.2, 0.25) is 0 Å². The molecule has 0 radical (unpaired) electrons. The number of rotatable bonds is 5. The average molecular weight is 405 g/mol. The van der Waals surface area contributed by atoms with Crippen molar-refractivity contribution < 1.29 is 14.3 Å². The van der Waals surface area contributed by atoms with Crippen molar-refractivity contribution >= 4 is 34.5 Å². The Labute approximate surface area is 167 Å². The largest absolute Gasteiger partial charge is 0.381 e. The average Bonchev–Trinajstić information content (AvgIpc) is 3.42. The predicted molar refractivity (Wildman–Crippen MR) is 107 cm³/mol. The van der Waals surface area contributed by atoms with Crippen LogP contribution >= 0.6 is 22.7 Å². The Bertz CT molecular complexity index is 767. The molecule has 2 amide bonds. The summed E-state index contributed by atoms with van der Waals surface area (Å²) in [5.74, 6) is 0.0299. The van der Waals surface area contributed by atoms with Crippen molar-refractivity contribution in [1.82, 2.24) is 10.2 Å². The maximum atomic E-state index is 13.0. The van der Waals surface area contributed by atoms with Gasteiger partial charge in [0.2, 0.25) is 11.8 Å². The molecule has 1 atom stereocenters. The fraction of sp³-hybridized carbons (Fsp3) is 0.500. The van der Waals surface area contributed by atoms with E-state index in [9.17, 15) is 9.59 Å². The number of carbonyl (C=O) groups excluding carboxylic acids is 2. The fourth-order valence-corrected chi connectivity index (χ4v) is 5.53. The Hall–Kier alpha value is -1.70. The van der Waals surface area contributed by atoms with E-state index in [4.69, 9.17) is 4.74 Å². The molecule has 1 spiro atoms. The lowest BCUT2D eigenvalue weighted by molar-refractivity contribution is -0.130. The SMILES string of the molecule is O=C(NCc1cccs1)[C@H]1CN(C(=O)Cc2cccs2)CC12CCOCC2. The van der Waals surface area contributed by atoms with Crippen LogP contribution in [-0.2, 0) is 27.3 Å². The van der Waals surface area contributed by atoms with E-state index in [1.54, 1.807) is 22.7 Å². The smallest absolute Gasteiger partial charge is 0.227 e. The Balaban J connectivity index is 1.45. The highest BCUT2D eigenvalue weighted by atomic mass is 32.1. The highest BCUT2D eigenvalue weighted by molar-refractivity contribution is 7.10. The molecule has 27 heavy (non-hydrogen) atoms. The molecule has 0 unspecified atom stereocenters. The van der Waals surface area contributed by atoms with Gasteiger partial charge < -0.3 is 15.0 Å². The van der Waals surface area contributed by atoms with E-state index in [2.05, 4.69) is 5.32 Å². The van der Waals surface area contributed by atoms with Gasteiger partial charge in [0.15, 0.2) is 0 Å². The molecule has 0 bridgehead atoms. The third-order valence-electron chi connectivity index (χ3n) is 5.73. The van der Waals surface area contributed by atoms with Gasteiger partial charge >= 0.3 is 0 Å². The summed E-state index contributed by atoms with van der Waals surface area (Å²) in [6, 6.07) is 7.99. The number of carbonyl (C=O) groups is 2. The summed E-state index contributed by atoms with van der Waals surface area (Å²) in [5, 5.41) is 7.11. The zero-order valence-corrected chi connectivity index (χ0v) is 16.8. The summed E-state index contributed by atoms with van der Waals surface area (Å²) in [6.45, 7) is 3.07. The van der Waals surface area contributed by atoms with E-state index < -0.39 is 0 Å². The fourth-order valence-electron chi connectivity index (χ4n) is 4.19. The lowest BCUT2D eigenvalue weighted by atomic mass is 9.72. The molecule has 0 aromatic carbocycles. The van der Waals surface area contributed by atoms with Crippen molar-refractivity contribution in [3.63, 3.8) is 0 Å². The van der Waals surface area contributed by atoms with Crippen LogP contribution in [0, 0.1) is 11.3 Å². The molecule has 2 aliphatic rings. The van der Waals surface area contributed by atoms with Gasteiger partial charge in [0, 0.05) is 41.5 Å². The highest BCUT2D eigenvalue weighted by Gasteiger charge is 2.51. The van der Waals surface area contributed by atoms with Gasteiger partial charge in [0.1, 0.15) is 0 Å². The van der Waals surface area contributed by atoms with Crippen LogP contribution in [0.4, 0.5) is 0 Å². The lowest BCUT2D eigenvalue weighted by Crippen LogP contribution is -2.44. The molecule has 2 fully saturated rings. The second-order valence-electron chi connectivity index (χ2n) is 7.35. The molecule has 0 aliphatic carbocycles. The van der Waals surface area contributed by atoms with Crippen molar-refractivity contribution in [1.29, 1.82) is 0 Å². The van der Waals surface area contributed by atoms with Gasteiger partial charge in [0.05, 0.1) is 18.9 Å². The summed E-state index contributed by atoms with van der Waals surface area (Å²) in [5.41, 5.74) is -0.150. The quantitative estimate of drug-likeness (QED) is 0.834. The molecule has 7 heteroatoms. The first kappa shape index (κ1) is 18.7. The number of nitrogens with zero attached hydrogens (tertiary/aromatic N) is 1. The van der Waals surface area contributed by atoms with Crippen LogP contribution in [0.5, 0.6) is 0 Å². The van der Waals surface area contributed by atoms with Crippen molar-refractivity contribution in [2.24, 2.45) is 11.3 Å². The number of nitrogens with one attached hydrogen (secondary N) is 1. The predicted octanol–water partition coefficient (Wildman–Crippen LogP) is 2.92. The molecule has 1 N–H and O–H groups in total. The maximum absolute atomic E-state index is 13.0. The molecular formula is C20H24N2O3S2. The number of thiophene rings is 2. The molecule has 2 aliphatic heterocycles. The Morgan fingerprint density at radius 3 is 2.52 bits per heavy atom. The summed E-state index contributed by atoms with van der Waals surface area (Å²) < 4.78 is 5.55. The van der Waals surface area contributed by atoms with Gasteiger partial charge in [-0.1, -0.05) is 12.1 Å². The van der Waals surface area contributed by atoms with E-state index in [1.807, 2.05) is 39.9 Å². The van der Waals surface area contributed by atoms with Crippen LogP contribution in [0.3, 0.4) is 0 Å². The standard InChI is InChI=1S/C20H24N2O3S2/c23-18(11-15-3-1-9-26-15)22-13-17(20(14-22)5-7-25-8-6-20)19(24)21-12-16-4-2-10-27-16/h1-4,9-10,17H,5-8,11-14H2,(H,21,24)/t17-/m1/s1. The highest BCUT2D eigenvalue weighted by Crippen LogP contribution is 2.44. The van der Waals surface area contributed by atoms with Crippen molar-refractivity contribution in [3.05, 3.63) is 44.8 Å². The molecule has 144 valence electrons. The normalized spacial score (nSPS) is 21.5. The molecule has 0 saturated carbocycles. The van der Waals surface area contributed by atoms with Gasteiger partial charge in [0.25, 0.3) is 0 Å². The summed E-state index contributed by atoms with van der Waals surface area (Å²) >= 11 is 3.25. The van der Waals surface area contributed by atoms with Gasteiger partial charge in [-0.05, 0) is 35.7 Å². The monoisotopic (exact) mass is 404 g/mol. The van der Waals surface area contributed by atoms with Gasteiger partial charge in [-0.15, -0.1) is 22.7 Å². The first-order valence-corrected chi connectivity index (χ1v) is 11.1. The number of hydrogen-bond donors (Lipinski definition) is 1. The maximum Gasteiger partial charge on any atom is 0.227 e. The van der Waals surface area contributed by atoms with E-state index in [0.29, 0.717) is 39.3 Å². The van der Waals surface area contributed by atoms with Crippen molar-refractivity contribution in [2.45, 2.75) is 25.8 Å². The summed E-state index contributed by atoms with van der Waals surface area (Å²) in [6.07, 6.45) is 2.10. The molecule has 4 heterocycles. The zero-order valence-electron chi connectivity index (χ0n) is 15.2. The molecule has 2 aromatic heterocycles. The van der Waals surface area contributed by atoms with Crippen LogP contribution in [0.1, 0.15) is 22.6 Å². The number of ether oxygens (including phenoxy) is 1. The summed E-state index contributed by atoms with van der Waals surface area (Å²) in [7, 11) is 0. The topological polar surface area (TPSA) is 58.6 Å². The van der Waals surface area contributed by atoms with Gasteiger partial charge in [-0.3, -0.25) is 9.59 Å².